The first-order valence-electron chi connectivity index (χ1n) is 45.6. The second-order valence-electron chi connectivity index (χ2n) is 38.9. The van der Waals surface area contributed by atoms with Crippen LogP contribution in [0.2, 0.25) is 10.0 Å². The third kappa shape index (κ3) is 22.7. The number of piperazine rings is 2. The zero-order chi connectivity index (χ0) is 93.5. The third-order valence-corrected chi connectivity index (χ3v) is 35.4. The number of nitrogens with zero attached hydrogens (tertiary/aromatic N) is 10. The van der Waals surface area contributed by atoms with Crippen LogP contribution in [0.5, 0.6) is 34.5 Å². The monoisotopic (exact) mass is 1920 g/mol. The molecule has 4 saturated heterocycles. The van der Waals surface area contributed by atoms with Gasteiger partial charge in [0, 0.05) is 197 Å². The van der Waals surface area contributed by atoms with Gasteiger partial charge in [0.25, 0.3) is 43.2 Å². The molecule has 0 bridgehead atoms. The summed E-state index contributed by atoms with van der Waals surface area (Å²) in [4.78, 5) is 80.0. The molecule has 10 heterocycles. The van der Waals surface area contributed by atoms with Crippen molar-refractivity contribution in [2.24, 2.45) is 22.7 Å². The largest absolute Gasteiger partial charge is 0.493 e. The Labute approximate surface area is 786 Å². The van der Waals surface area contributed by atoms with Crippen molar-refractivity contribution in [1.82, 2.24) is 49.0 Å². The van der Waals surface area contributed by atoms with E-state index in [2.05, 4.69) is 124 Å². The topological polar surface area (TPSA) is 344 Å². The lowest BCUT2D eigenvalue weighted by Crippen LogP contribution is -2.47. The molecule has 4 aromatic heterocycles. The Morgan fingerprint density at radius 2 is 0.970 bits per heavy atom. The molecule has 6 aromatic carbocycles. The summed E-state index contributed by atoms with van der Waals surface area (Å²) in [5.74, 6) is -0.777. The van der Waals surface area contributed by atoms with Crippen molar-refractivity contribution in [3.8, 4) is 34.5 Å². The number of nitrogens with one attached hydrogen (secondary N) is 4. The SMILES string of the molecule is C=P1(C)CCN(C[C@@H]2COc3cc(S(=O)(=O)NC(=O)c4ccc(N5CCN(CC6=C(c7ccc(Cl)cc7)CC(C)(C)CC6)CC5)cc4Oc4cnc5[nH]ccc5c4)cc([N+](=O)[O-])c3C2)CC1.CC1(C)CCC(CN2CCN(c3ccc(C(=O)NS(=O)(=O)c4cc5c(c([N+](=O)[O-])c4)C[C@H](CCN4CCP(C)(=O)CC4)CO5)c(Oc4cnc5[nH]ccc5c4)c3)CC2)=C(c2ccc(Cl)cc2)C1. The predicted octanol–water partition coefficient (Wildman–Crippen LogP) is 17.8. The zero-order valence-electron chi connectivity index (χ0n) is 75.9. The number of nitro groups is 2. The number of hydrogen-bond acceptors (Lipinski definition) is 23. The number of benzene rings is 6. The van der Waals surface area contributed by atoms with Gasteiger partial charge >= 0.3 is 0 Å². The van der Waals surface area contributed by atoms with E-state index < -0.39 is 65.5 Å². The predicted molar refractivity (Wildman–Crippen MR) is 526 cm³/mol. The zero-order valence-corrected chi connectivity index (χ0v) is 80.8. The molecule has 4 N–H and O–H groups in total. The van der Waals surface area contributed by atoms with E-state index >= 15 is 0 Å². The Bertz CT molecular complexity index is 6530. The van der Waals surface area contributed by atoms with E-state index in [1.165, 1.54) is 57.9 Å². The average Bonchev–Trinajstić information content (AvgIpc) is 1.51. The number of rotatable bonds is 25. The summed E-state index contributed by atoms with van der Waals surface area (Å²) >= 11 is 12.5. The number of sulfonamides is 2. The van der Waals surface area contributed by atoms with E-state index in [-0.39, 0.29) is 74.8 Å². The lowest BCUT2D eigenvalue weighted by atomic mass is 9.72. The van der Waals surface area contributed by atoms with Crippen LogP contribution < -0.4 is 38.2 Å². The fourth-order valence-electron chi connectivity index (χ4n) is 19.4. The molecule has 4 fully saturated rings. The van der Waals surface area contributed by atoms with Crippen molar-refractivity contribution >= 4 is 131 Å². The average molecular weight is 1930 g/mol. The van der Waals surface area contributed by atoms with Crippen LogP contribution in [0.1, 0.15) is 116 Å². The van der Waals surface area contributed by atoms with Gasteiger partial charge in [0.2, 0.25) is 0 Å². The van der Waals surface area contributed by atoms with Crippen LogP contribution in [0.4, 0.5) is 22.7 Å². The first kappa shape index (κ1) is 94.3. The molecular formula is C98H114Cl2N14O15P2S2. The number of nitro benzene ring substituents is 2. The molecule has 6 aliphatic heterocycles. The molecule has 18 rings (SSSR count). The molecular weight excluding hydrogens is 1810 g/mol. The van der Waals surface area contributed by atoms with E-state index in [0.717, 1.165) is 193 Å². The highest BCUT2D eigenvalue weighted by Crippen LogP contribution is 2.49. The molecule has 0 radical (unpaired) electrons. The second kappa shape index (κ2) is 39.1. The molecule has 702 valence electrons. The van der Waals surface area contributed by atoms with Gasteiger partial charge in [0.15, 0.2) is 0 Å². The van der Waals surface area contributed by atoms with Gasteiger partial charge in [-0.1, -0.05) is 86.3 Å². The van der Waals surface area contributed by atoms with E-state index in [1.807, 2.05) is 43.1 Å². The number of carbonyl (C=O) groups is 2. The molecule has 2 aliphatic carbocycles. The van der Waals surface area contributed by atoms with Crippen molar-refractivity contribution in [2.75, 3.05) is 166 Å². The lowest BCUT2D eigenvalue weighted by molar-refractivity contribution is -0.386. The van der Waals surface area contributed by atoms with Gasteiger partial charge in [-0.05, 0) is 202 Å². The van der Waals surface area contributed by atoms with E-state index in [4.69, 9.17) is 42.1 Å². The van der Waals surface area contributed by atoms with Crippen LogP contribution in [-0.4, -0.2) is 240 Å². The van der Waals surface area contributed by atoms with Crippen LogP contribution in [0.15, 0.2) is 179 Å². The van der Waals surface area contributed by atoms with Gasteiger partial charge in [-0.25, -0.2) is 36.2 Å². The number of carbonyl (C=O) groups excluding carboxylic acids is 2. The Hall–Kier alpha value is -10.4. The molecule has 0 saturated carbocycles. The van der Waals surface area contributed by atoms with Crippen LogP contribution in [0.25, 0.3) is 33.2 Å². The van der Waals surface area contributed by atoms with Crippen LogP contribution in [-0.2, 0) is 37.5 Å². The summed E-state index contributed by atoms with van der Waals surface area (Å²) in [5, 5.41) is 27.9. The number of H-pyrrole nitrogens is 2. The van der Waals surface area contributed by atoms with E-state index in [1.54, 1.807) is 60.9 Å². The number of allylic oxidation sites excluding steroid dienone is 2. The third-order valence-electron chi connectivity index (χ3n) is 27.5. The molecule has 29 nitrogen and oxygen atoms in total. The number of pyridine rings is 2. The van der Waals surface area contributed by atoms with Crippen LogP contribution in [0.3, 0.4) is 0 Å². The number of aromatic nitrogens is 4. The standard InChI is InChI=1S/C49H57ClN7O8PS.C49H57ClN7O7PS/c1-49(2)13-10-36(43(29-49)34-4-6-37(50)7-5-34)31-55-16-18-56(19-17-55)38-8-9-41(46(26-38)65-39-25-35-11-14-51-47(35)52-30-39)48(58)53-67(62,63)40-27-44(57(59)60)42-24-33(32-64-45(42)28-40)12-15-54-20-22-66(3,61)23-21-54;1-49(2)13-11-36(43(28-49)34-5-7-37(50)8-6-34)31-54-15-17-56(18-16-54)38-9-10-41(46(25-38)64-39-24-35-12-14-51-47(35)52-29-39)48(58)53-66(61,62)40-26-44(57(59)60)42-23-33(32-63-45(42)27-40)30-55-19-21-65(3,4)22-20-55/h4-9,11,14,25-28,30,33H,10,12-13,15-24,29,31-32H2,1-3H3,(H,51,52)(H,53,58);5-10,12,14,24-27,29,33H,3,11,13,15-23,28,30-32H2,1-2,4H3,(H,51,52)(H,53,58)/t2*33-/m01/s1. The number of anilines is 2. The maximum Gasteiger partial charge on any atom is 0.277 e. The van der Waals surface area contributed by atoms with Gasteiger partial charge < -0.3 is 53.1 Å². The maximum atomic E-state index is 14.1. The Morgan fingerprint density at radius 1 is 0.549 bits per heavy atom. The van der Waals surface area contributed by atoms with Gasteiger partial charge in [-0.3, -0.25) is 39.6 Å². The fraction of sp³-hybridized carbons (Fsp3) is 0.418. The minimum Gasteiger partial charge on any atom is -0.493 e. The Morgan fingerprint density at radius 3 is 1.41 bits per heavy atom. The minimum absolute atomic E-state index is 0.00490. The molecule has 0 unspecified atom stereocenters. The summed E-state index contributed by atoms with van der Waals surface area (Å²) < 4.78 is 97.4. The van der Waals surface area contributed by atoms with Crippen molar-refractivity contribution in [1.29, 1.82) is 0 Å². The highest BCUT2D eigenvalue weighted by atomic mass is 35.5. The molecule has 35 heteroatoms. The number of fused-ring (bicyclic) bond motifs is 4. The second-order valence-corrected chi connectivity index (χ2v) is 50.7. The highest BCUT2D eigenvalue weighted by Gasteiger charge is 2.39. The maximum absolute atomic E-state index is 14.1. The number of halogens is 2. The fourth-order valence-corrected chi connectivity index (χ4v) is 25.1. The van der Waals surface area contributed by atoms with Crippen molar-refractivity contribution in [3.63, 3.8) is 0 Å². The Balaban J connectivity index is 0.000000185. The van der Waals surface area contributed by atoms with Gasteiger partial charge in [-0.2, -0.15) is 0 Å². The van der Waals surface area contributed by atoms with Crippen LogP contribution >= 0.6 is 37.2 Å². The van der Waals surface area contributed by atoms with Gasteiger partial charge in [0.05, 0.1) is 74.6 Å². The van der Waals surface area contributed by atoms with Crippen molar-refractivity contribution in [3.05, 3.63) is 233 Å². The van der Waals surface area contributed by atoms with Crippen LogP contribution in [0, 0.1) is 42.9 Å². The summed E-state index contributed by atoms with van der Waals surface area (Å²) in [7, 11) is -11.3. The number of hydrogen-bond donors (Lipinski definition) is 4. The summed E-state index contributed by atoms with van der Waals surface area (Å²) in [6.07, 6.45) is 22.3. The quantitative estimate of drug-likeness (QED) is 0.0234. The normalized spacial score (nSPS) is 20.1. The smallest absolute Gasteiger partial charge is 0.277 e. The highest BCUT2D eigenvalue weighted by molar-refractivity contribution is 7.90. The molecule has 0 spiro atoms. The lowest BCUT2D eigenvalue weighted by Gasteiger charge is -2.39. The van der Waals surface area contributed by atoms with Crippen molar-refractivity contribution < 1.29 is 59.8 Å². The molecule has 133 heavy (non-hydrogen) atoms. The first-order valence-corrected chi connectivity index (χ1v) is 54.6. The number of amides is 2. The number of ether oxygens (including phenoxy) is 4. The molecule has 10 aromatic rings. The Kier molecular flexibility index (Phi) is 27.7. The molecule has 2 amide bonds. The summed E-state index contributed by atoms with van der Waals surface area (Å²) in [5.41, 5.74) is 11.4. The molecule has 2 atom stereocenters. The van der Waals surface area contributed by atoms with Crippen molar-refractivity contribution in [2.45, 2.75) is 95.3 Å². The molecule has 8 aliphatic rings. The summed E-state index contributed by atoms with van der Waals surface area (Å²) in [6, 6.07) is 38.3. The van der Waals surface area contributed by atoms with E-state index in [0.29, 0.717) is 78.8 Å². The summed E-state index contributed by atoms with van der Waals surface area (Å²) in [6.45, 7) is 25.6. The first-order chi connectivity index (χ1) is 63.4. The van der Waals surface area contributed by atoms with Gasteiger partial charge in [-0.15, -0.1) is 13.2 Å². The minimum atomic E-state index is -4.65. The van der Waals surface area contributed by atoms with E-state index in [9.17, 15) is 51.2 Å². The van der Waals surface area contributed by atoms with Gasteiger partial charge in [0.1, 0.15) is 45.8 Å². The number of aromatic amines is 2.